The summed E-state index contributed by atoms with van der Waals surface area (Å²) in [5, 5.41) is 6.87. The highest BCUT2D eigenvalue weighted by Gasteiger charge is 2.14. The normalized spacial score (nSPS) is 10.6. The number of nitrogens with zero attached hydrogens (tertiary/aromatic N) is 2. The van der Waals surface area contributed by atoms with Crippen LogP contribution in [0.2, 0.25) is 0 Å². The number of hydrogen-bond donors (Lipinski definition) is 1. The van der Waals surface area contributed by atoms with Gasteiger partial charge in [-0.1, -0.05) is 12.1 Å². The molecule has 0 unspecified atom stereocenters. The number of aryl methyl sites for hydroxylation is 1. The number of anilines is 1. The molecule has 3 rings (SSSR count). The first-order chi connectivity index (χ1) is 11.5. The lowest BCUT2D eigenvalue weighted by Crippen LogP contribution is -2.11. The maximum atomic E-state index is 12.2. The minimum atomic E-state index is -0.321. The predicted octanol–water partition coefficient (Wildman–Crippen LogP) is 3.92. The lowest BCUT2D eigenvalue weighted by Gasteiger charge is -2.06. The second-order valence-electron chi connectivity index (χ2n) is 5.21. The zero-order valence-corrected chi connectivity index (χ0v) is 14.8. The fourth-order valence-corrected chi connectivity index (χ4v) is 2.49. The molecule has 0 fully saturated rings. The molecule has 2 heterocycles. The first kappa shape index (κ1) is 16.3. The Morgan fingerprint density at radius 2 is 2.12 bits per heavy atom. The van der Waals surface area contributed by atoms with E-state index in [2.05, 4.69) is 26.3 Å². The minimum absolute atomic E-state index is 0.226. The van der Waals surface area contributed by atoms with Crippen molar-refractivity contribution in [2.24, 2.45) is 7.05 Å². The Hall–Kier alpha value is -2.54. The lowest BCUT2D eigenvalue weighted by atomic mass is 10.3. The number of nitrogens with one attached hydrogen (secondary N) is 1. The molecule has 0 aliphatic rings. The molecule has 0 saturated heterocycles. The van der Waals surface area contributed by atoms with E-state index < -0.39 is 0 Å². The van der Waals surface area contributed by atoms with Crippen molar-refractivity contribution >= 4 is 27.5 Å². The van der Waals surface area contributed by atoms with Gasteiger partial charge in [-0.15, -0.1) is 0 Å². The molecule has 0 bridgehead atoms. The van der Waals surface area contributed by atoms with Crippen LogP contribution in [0.3, 0.4) is 0 Å². The van der Waals surface area contributed by atoms with Crippen molar-refractivity contribution in [1.29, 1.82) is 0 Å². The van der Waals surface area contributed by atoms with Crippen LogP contribution in [-0.4, -0.2) is 15.7 Å². The second kappa shape index (κ2) is 6.92. The van der Waals surface area contributed by atoms with Gasteiger partial charge in [-0.05, 0) is 47.1 Å². The zero-order chi connectivity index (χ0) is 17.1. The van der Waals surface area contributed by atoms with Gasteiger partial charge in [-0.2, -0.15) is 5.10 Å². The van der Waals surface area contributed by atoms with Gasteiger partial charge in [-0.3, -0.25) is 9.48 Å². The molecule has 1 aromatic carbocycles. The second-order valence-corrected chi connectivity index (χ2v) is 6.06. The molecule has 0 aliphatic heterocycles. The molecule has 6 nitrogen and oxygen atoms in total. The van der Waals surface area contributed by atoms with E-state index in [1.165, 1.54) is 0 Å². The summed E-state index contributed by atoms with van der Waals surface area (Å²) in [6.07, 6.45) is 1.60. The third kappa shape index (κ3) is 3.51. The van der Waals surface area contributed by atoms with E-state index in [0.717, 1.165) is 10.2 Å². The van der Waals surface area contributed by atoms with Crippen molar-refractivity contribution in [3.05, 3.63) is 64.3 Å². The standard InChI is InChI=1S/C17H16BrN3O3/c1-11-14(9-19-21(11)2)20-17(22)16-8-7-12(24-16)10-23-15-6-4-3-5-13(15)18/h3-9H,10H2,1-2H3,(H,20,22). The Morgan fingerprint density at radius 1 is 1.33 bits per heavy atom. The summed E-state index contributed by atoms with van der Waals surface area (Å²) < 4.78 is 13.8. The van der Waals surface area contributed by atoms with Crippen LogP contribution in [-0.2, 0) is 13.7 Å². The largest absolute Gasteiger partial charge is 0.484 e. The summed E-state index contributed by atoms with van der Waals surface area (Å²) in [5.74, 6) is 1.19. The Balaban J connectivity index is 1.63. The van der Waals surface area contributed by atoms with Gasteiger partial charge in [0, 0.05) is 7.05 Å². The number of furan rings is 1. The highest BCUT2D eigenvalue weighted by molar-refractivity contribution is 9.10. The van der Waals surface area contributed by atoms with E-state index in [4.69, 9.17) is 9.15 Å². The van der Waals surface area contributed by atoms with Crippen molar-refractivity contribution < 1.29 is 13.9 Å². The van der Waals surface area contributed by atoms with Crippen molar-refractivity contribution in [3.8, 4) is 5.75 Å². The molecule has 3 aromatic rings. The van der Waals surface area contributed by atoms with E-state index in [1.54, 1.807) is 23.0 Å². The van der Waals surface area contributed by atoms with Gasteiger partial charge >= 0.3 is 0 Å². The van der Waals surface area contributed by atoms with Crippen LogP contribution < -0.4 is 10.1 Å². The first-order valence-corrected chi connectivity index (χ1v) is 8.10. The molecule has 0 atom stereocenters. The number of aromatic nitrogens is 2. The topological polar surface area (TPSA) is 69.3 Å². The summed E-state index contributed by atoms with van der Waals surface area (Å²) in [6.45, 7) is 2.11. The summed E-state index contributed by atoms with van der Waals surface area (Å²) in [4.78, 5) is 12.2. The Labute approximate surface area is 147 Å². The van der Waals surface area contributed by atoms with Gasteiger partial charge in [0.25, 0.3) is 5.91 Å². The van der Waals surface area contributed by atoms with Gasteiger partial charge in [0.05, 0.1) is 22.1 Å². The van der Waals surface area contributed by atoms with Crippen molar-refractivity contribution in [1.82, 2.24) is 9.78 Å². The van der Waals surface area contributed by atoms with E-state index in [-0.39, 0.29) is 18.3 Å². The quantitative estimate of drug-likeness (QED) is 0.717. The molecule has 7 heteroatoms. The van der Waals surface area contributed by atoms with Gasteiger partial charge in [-0.25, -0.2) is 0 Å². The number of rotatable bonds is 5. The molecule has 1 amide bonds. The van der Waals surface area contributed by atoms with E-state index in [9.17, 15) is 4.79 Å². The minimum Gasteiger partial charge on any atom is -0.484 e. The lowest BCUT2D eigenvalue weighted by molar-refractivity contribution is 0.0992. The molecule has 0 radical (unpaired) electrons. The maximum Gasteiger partial charge on any atom is 0.291 e. The van der Waals surface area contributed by atoms with E-state index in [0.29, 0.717) is 17.2 Å². The Morgan fingerprint density at radius 3 is 2.83 bits per heavy atom. The average Bonchev–Trinajstić information content (AvgIpc) is 3.16. The Kier molecular flexibility index (Phi) is 4.71. The zero-order valence-electron chi connectivity index (χ0n) is 13.2. The summed E-state index contributed by atoms with van der Waals surface area (Å²) >= 11 is 3.42. The summed E-state index contributed by atoms with van der Waals surface area (Å²) in [6, 6.07) is 10.9. The van der Waals surface area contributed by atoms with Crippen LogP contribution in [0.5, 0.6) is 5.75 Å². The highest BCUT2D eigenvalue weighted by atomic mass is 79.9. The number of halogens is 1. The molecular weight excluding hydrogens is 374 g/mol. The molecule has 124 valence electrons. The smallest absolute Gasteiger partial charge is 0.291 e. The molecule has 24 heavy (non-hydrogen) atoms. The fraction of sp³-hybridized carbons (Fsp3) is 0.176. The highest BCUT2D eigenvalue weighted by Crippen LogP contribution is 2.25. The Bertz CT molecular complexity index is 870. The monoisotopic (exact) mass is 389 g/mol. The number of ether oxygens (including phenoxy) is 1. The van der Waals surface area contributed by atoms with E-state index >= 15 is 0 Å². The van der Waals surface area contributed by atoms with Crippen LogP contribution >= 0.6 is 15.9 Å². The van der Waals surface area contributed by atoms with Crippen molar-refractivity contribution in [2.75, 3.05) is 5.32 Å². The van der Waals surface area contributed by atoms with Crippen molar-refractivity contribution in [2.45, 2.75) is 13.5 Å². The van der Waals surface area contributed by atoms with Crippen LogP contribution in [0.1, 0.15) is 22.0 Å². The van der Waals surface area contributed by atoms with Gasteiger partial charge in [0.2, 0.25) is 0 Å². The molecule has 0 aliphatic carbocycles. The van der Waals surface area contributed by atoms with Crippen molar-refractivity contribution in [3.63, 3.8) is 0 Å². The van der Waals surface area contributed by atoms with Crippen LogP contribution in [0, 0.1) is 6.92 Å². The third-order valence-corrected chi connectivity index (χ3v) is 4.23. The summed E-state index contributed by atoms with van der Waals surface area (Å²) in [5.41, 5.74) is 1.53. The van der Waals surface area contributed by atoms with Crippen LogP contribution in [0.4, 0.5) is 5.69 Å². The molecule has 2 aromatic heterocycles. The SMILES string of the molecule is Cc1c(NC(=O)c2ccc(COc3ccccc3Br)o2)cnn1C. The van der Waals surface area contributed by atoms with E-state index in [1.807, 2.05) is 38.2 Å². The van der Waals surface area contributed by atoms with Gasteiger partial charge in [0.15, 0.2) is 5.76 Å². The molecule has 0 spiro atoms. The first-order valence-electron chi connectivity index (χ1n) is 7.30. The fourth-order valence-electron chi connectivity index (χ4n) is 2.09. The number of para-hydroxylation sites is 1. The number of hydrogen-bond acceptors (Lipinski definition) is 4. The van der Waals surface area contributed by atoms with Gasteiger partial charge < -0.3 is 14.5 Å². The molecule has 0 saturated carbocycles. The predicted molar refractivity (Wildman–Crippen MR) is 93.1 cm³/mol. The molecule has 1 N–H and O–H groups in total. The van der Waals surface area contributed by atoms with Crippen LogP contribution in [0.15, 0.2) is 51.5 Å². The van der Waals surface area contributed by atoms with Crippen LogP contribution in [0.25, 0.3) is 0 Å². The number of benzene rings is 1. The number of carbonyl (C=O) groups is 1. The maximum absolute atomic E-state index is 12.2. The number of carbonyl (C=O) groups excluding carboxylic acids is 1. The molecular formula is C17H16BrN3O3. The summed E-state index contributed by atoms with van der Waals surface area (Å²) in [7, 11) is 1.81. The average molecular weight is 390 g/mol. The third-order valence-electron chi connectivity index (χ3n) is 3.58. The number of amides is 1. The van der Waals surface area contributed by atoms with Gasteiger partial charge in [0.1, 0.15) is 18.1 Å².